The fourth-order valence-electron chi connectivity index (χ4n) is 5.01. The summed E-state index contributed by atoms with van der Waals surface area (Å²) < 4.78 is 27.6. The Morgan fingerprint density at radius 2 is 1.88 bits per heavy atom. The molecule has 1 aromatic carbocycles. The van der Waals surface area contributed by atoms with Crippen molar-refractivity contribution in [2.45, 2.75) is 55.6 Å². The highest BCUT2D eigenvalue weighted by atomic mass is 32.2. The zero-order valence-electron chi connectivity index (χ0n) is 17.8. The Balaban J connectivity index is 1.48. The molecular weight excluding hydrogens is 426 g/mol. The minimum absolute atomic E-state index is 0.0350. The van der Waals surface area contributed by atoms with E-state index in [1.807, 2.05) is 11.8 Å². The third kappa shape index (κ3) is 3.28. The van der Waals surface area contributed by atoms with Crippen molar-refractivity contribution in [3.05, 3.63) is 61.1 Å². The van der Waals surface area contributed by atoms with Gasteiger partial charge >= 0.3 is 0 Å². The number of nitrogens with zero attached hydrogens (tertiary/aromatic N) is 4. The number of benzene rings is 1. The Labute approximate surface area is 187 Å². The van der Waals surface area contributed by atoms with E-state index in [2.05, 4.69) is 21.9 Å². The molecule has 0 aliphatic carbocycles. The second-order valence-corrected chi connectivity index (χ2v) is 10.3. The summed E-state index contributed by atoms with van der Waals surface area (Å²) in [4.78, 5) is 23.2. The molecule has 2 fully saturated rings. The fraction of sp³-hybridized carbons (Fsp3) is 0.348. The van der Waals surface area contributed by atoms with Gasteiger partial charge in [-0.2, -0.15) is 0 Å². The van der Waals surface area contributed by atoms with Crippen molar-refractivity contribution >= 4 is 32.8 Å². The van der Waals surface area contributed by atoms with Crippen molar-refractivity contribution < 1.29 is 13.2 Å². The molecule has 9 heteroatoms. The Morgan fingerprint density at radius 3 is 2.62 bits per heavy atom. The second kappa shape index (κ2) is 7.74. The molecule has 2 saturated heterocycles. The van der Waals surface area contributed by atoms with Crippen LogP contribution >= 0.6 is 0 Å². The minimum Gasteiger partial charge on any atom is -0.365 e. The first kappa shape index (κ1) is 20.7. The van der Waals surface area contributed by atoms with E-state index in [1.165, 1.54) is 22.6 Å². The quantitative estimate of drug-likeness (QED) is 0.599. The highest BCUT2D eigenvalue weighted by molar-refractivity contribution is 7.90. The predicted octanol–water partition coefficient (Wildman–Crippen LogP) is 3.10. The van der Waals surface area contributed by atoms with Crippen molar-refractivity contribution in [3.8, 4) is 0 Å². The van der Waals surface area contributed by atoms with Gasteiger partial charge in [-0.1, -0.05) is 24.3 Å². The molecule has 8 nitrogen and oxygen atoms in total. The Hall–Kier alpha value is -3.20. The van der Waals surface area contributed by atoms with Crippen molar-refractivity contribution in [3.63, 3.8) is 0 Å². The number of carbonyl (C=O) groups excluding carboxylic acids is 1. The summed E-state index contributed by atoms with van der Waals surface area (Å²) in [6.07, 6.45) is 8.03. The Kier molecular flexibility index (Phi) is 5.00. The number of piperidine rings is 1. The number of nitrogens with one attached hydrogen (secondary N) is 1. The van der Waals surface area contributed by atoms with E-state index in [-0.39, 0.29) is 28.9 Å². The van der Waals surface area contributed by atoms with Crippen molar-refractivity contribution in [2.75, 3.05) is 5.32 Å². The van der Waals surface area contributed by atoms with Gasteiger partial charge in [-0.05, 0) is 56.9 Å². The molecule has 0 saturated carbocycles. The lowest BCUT2D eigenvalue weighted by molar-refractivity contribution is -0.130. The molecule has 2 aliphatic heterocycles. The summed E-state index contributed by atoms with van der Waals surface area (Å²) in [5, 5.41) is 4.11. The molecule has 166 valence electrons. The van der Waals surface area contributed by atoms with Crippen molar-refractivity contribution in [1.29, 1.82) is 0 Å². The monoisotopic (exact) mass is 451 g/mol. The van der Waals surface area contributed by atoms with Gasteiger partial charge in [-0.15, -0.1) is 0 Å². The van der Waals surface area contributed by atoms with Gasteiger partial charge in [0.15, 0.2) is 5.65 Å². The zero-order valence-corrected chi connectivity index (χ0v) is 18.6. The average molecular weight is 452 g/mol. The third-order valence-electron chi connectivity index (χ3n) is 6.60. The van der Waals surface area contributed by atoms with Gasteiger partial charge in [0.2, 0.25) is 5.91 Å². The highest BCUT2D eigenvalue weighted by Crippen LogP contribution is 2.38. The summed E-state index contributed by atoms with van der Waals surface area (Å²) in [7, 11) is -3.79. The van der Waals surface area contributed by atoms with Gasteiger partial charge in [-0.25, -0.2) is 22.4 Å². The number of carbonyl (C=O) groups is 1. The standard InChI is InChI=1S/C23H25N5O3S/c1-3-21(29)28-16-6-10-19(20(28)11-7-16)26-22-18-12-13-27(23(18)25-14-24-22)32(30,31)17-8-4-15(2)5-9-17/h3-5,8-9,12-14,16,19-20H,1,6-7,10-11H2,2H3,(H,24,25,26)/t16-,19-,20-/m1/s1. The predicted molar refractivity (Wildman–Crippen MR) is 122 cm³/mol. The number of anilines is 1. The van der Waals surface area contributed by atoms with E-state index in [4.69, 9.17) is 0 Å². The van der Waals surface area contributed by atoms with E-state index in [1.54, 1.807) is 30.3 Å². The van der Waals surface area contributed by atoms with Crippen LogP contribution in [-0.4, -0.2) is 51.3 Å². The highest BCUT2D eigenvalue weighted by Gasteiger charge is 2.44. The van der Waals surface area contributed by atoms with Gasteiger partial charge in [-0.3, -0.25) is 4.79 Å². The van der Waals surface area contributed by atoms with E-state index >= 15 is 0 Å². The number of amides is 1. The molecule has 2 aromatic heterocycles. The molecule has 4 heterocycles. The van der Waals surface area contributed by atoms with Crippen LogP contribution in [0.5, 0.6) is 0 Å². The van der Waals surface area contributed by atoms with E-state index in [9.17, 15) is 13.2 Å². The molecule has 3 aromatic rings. The summed E-state index contributed by atoms with van der Waals surface area (Å²) in [5.41, 5.74) is 1.31. The smallest absolute Gasteiger partial charge is 0.269 e. The van der Waals surface area contributed by atoms with Crippen LogP contribution in [0.3, 0.4) is 0 Å². The number of rotatable bonds is 5. The van der Waals surface area contributed by atoms with Crippen molar-refractivity contribution in [1.82, 2.24) is 18.8 Å². The summed E-state index contributed by atoms with van der Waals surface area (Å²) >= 11 is 0. The van der Waals surface area contributed by atoms with Gasteiger partial charge in [0, 0.05) is 18.3 Å². The van der Waals surface area contributed by atoms with Gasteiger partial charge in [0.05, 0.1) is 16.3 Å². The Bertz CT molecular complexity index is 1300. The summed E-state index contributed by atoms with van der Waals surface area (Å²) in [6.45, 7) is 5.56. The molecule has 0 spiro atoms. The first-order valence-electron chi connectivity index (χ1n) is 10.8. The third-order valence-corrected chi connectivity index (χ3v) is 8.28. The van der Waals surface area contributed by atoms with E-state index < -0.39 is 10.0 Å². The van der Waals surface area contributed by atoms with Crippen LogP contribution in [0.25, 0.3) is 11.0 Å². The normalized spacial score (nSPS) is 22.8. The number of hydrogen-bond donors (Lipinski definition) is 1. The first-order valence-corrected chi connectivity index (χ1v) is 12.2. The van der Waals surface area contributed by atoms with Gasteiger partial charge in [0.1, 0.15) is 12.1 Å². The molecule has 5 rings (SSSR count). The maximum Gasteiger partial charge on any atom is 0.269 e. The molecule has 2 bridgehead atoms. The number of aryl methyl sites for hydroxylation is 1. The van der Waals surface area contributed by atoms with Crippen LogP contribution in [0.1, 0.15) is 31.2 Å². The topological polar surface area (TPSA) is 97.2 Å². The average Bonchev–Trinajstić information content (AvgIpc) is 3.37. The van der Waals surface area contributed by atoms with Crippen LogP contribution in [0, 0.1) is 6.92 Å². The number of hydrogen-bond acceptors (Lipinski definition) is 6. The summed E-state index contributed by atoms with van der Waals surface area (Å²) in [5.74, 6) is 0.543. The van der Waals surface area contributed by atoms with E-state index in [0.29, 0.717) is 16.9 Å². The van der Waals surface area contributed by atoms with Crippen LogP contribution in [0.4, 0.5) is 5.82 Å². The molecule has 2 aliphatic rings. The summed E-state index contributed by atoms with van der Waals surface area (Å²) in [6, 6.07) is 8.84. The second-order valence-electron chi connectivity index (χ2n) is 8.47. The molecule has 0 radical (unpaired) electrons. The maximum atomic E-state index is 13.2. The fourth-order valence-corrected chi connectivity index (χ4v) is 6.31. The largest absolute Gasteiger partial charge is 0.365 e. The lowest BCUT2D eigenvalue weighted by atomic mass is 9.97. The molecule has 1 N–H and O–H groups in total. The van der Waals surface area contributed by atoms with Crippen LogP contribution in [-0.2, 0) is 14.8 Å². The van der Waals surface area contributed by atoms with E-state index in [0.717, 1.165) is 31.2 Å². The molecule has 3 atom stereocenters. The van der Waals surface area contributed by atoms with Crippen LogP contribution < -0.4 is 5.32 Å². The van der Waals surface area contributed by atoms with Crippen LogP contribution in [0.15, 0.2) is 60.4 Å². The lowest BCUT2D eigenvalue weighted by Crippen LogP contribution is -2.52. The zero-order chi connectivity index (χ0) is 22.5. The molecular formula is C23H25N5O3S. The minimum atomic E-state index is -3.79. The number of fused-ring (bicyclic) bond motifs is 3. The molecule has 32 heavy (non-hydrogen) atoms. The molecule has 1 amide bonds. The van der Waals surface area contributed by atoms with Gasteiger partial charge in [0.25, 0.3) is 10.0 Å². The lowest BCUT2D eigenvalue weighted by Gasteiger charge is -2.40. The number of aromatic nitrogens is 3. The maximum absolute atomic E-state index is 13.2. The Morgan fingerprint density at radius 1 is 1.12 bits per heavy atom. The first-order chi connectivity index (χ1) is 15.4. The van der Waals surface area contributed by atoms with Crippen molar-refractivity contribution in [2.24, 2.45) is 0 Å². The van der Waals surface area contributed by atoms with Crippen LogP contribution in [0.2, 0.25) is 0 Å². The van der Waals surface area contributed by atoms with Gasteiger partial charge < -0.3 is 10.2 Å². The molecule has 0 unspecified atom stereocenters. The SMILES string of the molecule is C=CC(=O)N1[C@H]2CC[C@@H]1[C@H](Nc1ncnc3c1ccn3S(=O)(=O)c1ccc(C)cc1)CC2.